The molecular weight excluding hydrogens is 256 g/mol. The molecule has 5 heteroatoms. The van der Waals surface area contributed by atoms with E-state index in [0.29, 0.717) is 18.7 Å². The summed E-state index contributed by atoms with van der Waals surface area (Å²) in [5, 5.41) is 12.2. The third kappa shape index (κ3) is 3.98. The minimum atomic E-state index is -0.277. The molecule has 0 aliphatic carbocycles. The lowest BCUT2D eigenvalue weighted by atomic mass is 10.1. The van der Waals surface area contributed by atoms with Crippen LogP contribution in [0.25, 0.3) is 0 Å². The van der Waals surface area contributed by atoms with Crippen LogP contribution in [0.4, 0.5) is 5.69 Å². The Hall–Kier alpha value is -2.04. The molecule has 1 heterocycles. The van der Waals surface area contributed by atoms with E-state index in [0.717, 1.165) is 25.7 Å². The van der Waals surface area contributed by atoms with Crippen molar-refractivity contribution in [2.75, 3.05) is 18.4 Å². The van der Waals surface area contributed by atoms with Gasteiger partial charge in [0.25, 0.3) is 0 Å². The van der Waals surface area contributed by atoms with Gasteiger partial charge in [0.15, 0.2) is 0 Å². The molecule has 1 aliphatic heterocycles. The summed E-state index contributed by atoms with van der Waals surface area (Å²) < 4.78 is 0. The Kier molecular flexibility index (Phi) is 4.98. The third-order valence-electron chi connectivity index (χ3n) is 3.43. The van der Waals surface area contributed by atoms with Gasteiger partial charge < -0.3 is 15.3 Å². The van der Waals surface area contributed by atoms with Crippen molar-refractivity contribution in [2.45, 2.75) is 32.1 Å². The first-order valence-electron chi connectivity index (χ1n) is 7.02. The van der Waals surface area contributed by atoms with Crippen molar-refractivity contribution in [3.63, 3.8) is 0 Å². The van der Waals surface area contributed by atoms with Crippen LogP contribution >= 0.6 is 0 Å². The SMILES string of the molecule is O=C(CN1CCCCCCC1=O)Nc1ccccc1O. The predicted molar refractivity (Wildman–Crippen MR) is 76.4 cm³/mol. The number of rotatable bonds is 3. The molecule has 0 bridgehead atoms. The fourth-order valence-corrected chi connectivity index (χ4v) is 2.32. The lowest BCUT2D eigenvalue weighted by Crippen LogP contribution is -2.39. The number of para-hydroxylation sites is 2. The summed E-state index contributed by atoms with van der Waals surface area (Å²) in [7, 11) is 0. The molecule has 2 rings (SSSR count). The highest BCUT2D eigenvalue weighted by Gasteiger charge is 2.18. The monoisotopic (exact) mass is 276 g/mol. The number of carbonyl (C=O) groups excluding carboxylic acids is 2. The molecule has 20 heavy (non-hydrogen) atoms. The molecule has 5 nitrogen and oxygen atoms in total. The van der Waals surface area contributed by atoms with Gasteiger partial charge in [-0.2, -0.15) is 0 Å². The smallest absolute Gasteiger partial charge is 0.244 e. The molecule has 2 amide bonds. The molecular formula is C15H20N2O3. The van der Waals surface area contributed by atoms with Crippen molar-refractivity contribution in [1.82, 2.24) is 4.90 Å². The molecule has 0 atom stereocenters. The van der Waals surface area contributed by atoms with Gasteiger partial charge in [-0.1, -0.05) is 25.0 Å². The number of aromatic hydroxyl groups is 1. The number of hydrogen-bond donors (Lipinski definition) is 2. The maximum Gasteiger partial charge on any atom is 0.244 e. The maximum absolute atomic E-state index is 12.0. The van der Waals surface area contributed by atoms with Crippen molar-refractivity contribution in [1.29, 1.82) is 0 Å². The van der Waals surface area contributed by atoms with Gasteiger partial charge in [-0.15, -0.1) is 0 Å². The quantitative estimate of drug-likeness (QED) is 0.831. The van der Waals surface area contributed by atoms with Crippen LogP contribution in [-0.2, 0) is 9.59 Å². The van der Waals surface area contributed by atoms with Gasteiger partial charge in [-0.3, -0.25) is 9.59 Å². The Morgan fingerprint density at radius 3 is 2.75 bits per heavy atom. The van der Waals surface area contributed by atoms with Crippen LogP contribution in [0.3, 0.4) is 0 Å². The number of phenols is 1. The average Bonchev–Trinajstić information content (AvgIpc) is 2.41. The van der Waals surface area contributed by atoms with Gasteiger partial charge in [0.1, 0.15) is 5.75 Å². The standard InChI is InChI=1S/C15H20N2O3/c18-13-8-5-4-7-12(13)16-14(19)11-17-10-6-2-1-3-9-15(17)20/h4-5,7-8,18H,1-3,6,9-11H2,(H,16,19). The largest absolute Gasteiger partial charge is 0.506 e. The fraction of sp³-hybridized carbons (Fsp3) is 0.467. The Morgan fingerprint density at radius 1 is 1.20 bits per heavy atom. The molecule has 108 valence electrons. The van der Waals surface area contributed by atoms with Crippen LogP contribution in [0.5, 0.6) is 5.75 Å². The van der Waals surface area contributed by atoms with Gasteiger partial charge in [-0.25, -0.2) is 0 Å². The van der Waals surface area contributed by atoms with E-state index in [1.165, 1.54) is 6.07 Å². The Bertz CT molecular complexity index is 488. The number of carbonyl (C=O) groups is 2. The van der Waals surface area contributed by atoms with E-state index in [4.69, 9.17) is 0 Å². The molecule has 0 unspecified atom stereocenters. The van der Waals surface area contributed by atoms with Crippen molar-refractivity contribution in [2.24, 2.45) is 0 Å². The van der Waals surface area contributed by atoms with Crippen molar-refractivity contribution >= 4 is 17.5 Å². The zero-order valence-electron chi connectivity index (χ0n) is 11.5. The maximum atomic E-state index is 12.0. The van der Waals surface area contributed by atoms with E-state index in [1.54, 1.807) is 23.1 Å². The van der Waals surface area contributed by atoms with Gasteiger partial charge >= 0.3 is 0 Å². The zero-order valence-corrected chi connectivity index (χ0v) is 11.5. The summed E-state index contributed by atoms with van der Waals surface area (Å²) in [5.74, 6) is -0.211. The van der Waals surface area contributed by atoms with Crippen molar-refractivity contribution in [3.8, 4) is 5.75 Å². The summed E-state index contributed by atoms with van der Waals surface area (Å²) >= 11 is 0. The van der Waals surface area contributed by atoms with E-state index in [2.05, 4.69) is 5.32 Å². The molecule has 0 radical (unpaired) electrons. The van der Waals surface area contributed by atoms with Gasteiger partial charge in [0.2, 0.25) is 11.8 Å². The van der Waals surface area contributed by atoms with Gasteiger partial charge in [-0.05, 0) is 25.0 Å². The molecule has 0 saturated carbocycles. The second-order valence-corrected chi connectivity index (χ2v) is 5.04. The topological polar surface area (TPSA) is 69.6 Å². The van der Waals surface area contributed by atoms with Crippen molar-refractivity contribution in [3.05, 3.63) is 24.3 Å². The van der Waals surface area contributed by atoms with Gasteiger partial charge in [0.05, 0.1) is 12.2 Å². The van der Waals surface area contributed by atoms with E-state index >= 15 is 0 Å². The Balaban J connectivity index is 1.92. The second kappa shape index (κ2) is 6.93. The molecule has 0 aromatic heterocycles. The first kappa shape index (κ1) is 14.4. The third-order valence-corrected chi connectivity index (χ3v) is 3.43. The van der Waals surface area contributed by atoms with Gasteiger partial charge in [0, 0.05) is 13.0 Å². The highest BCUT2D eigenvalue weighted by Crippen LogP contribution is 2.21. The molecule has 1 aromatic carbocycles. The van der Waals surface area contributed by atoms with Crippen molar-refractivity contribution < 1.29 is 14.7 Å². The number of likely N-dealkylation sites (tertiary alicyclic amines) is 1. The zero-order chi connectivity index (χ0) is 14.4. The lowest BCUT2D eigenvalue weighted by Gasteiger charge is -2.24. The van der Waals surface area contributed by atoms with E-state index < -0.39 is 0 Å². The average molecular weight is 276 g/mol. The summed E-state index contributed by atoms with van der Waals surface area (Å²) in [6, 6.07) is 6.56. The Labute approximate surface area is 118 Å². The first-order valence-corrected chi connectivity index (χ1v) is 7.02. The molecule has 1 aliphatic rings. The van der Waals surface area contributed by atoms with Crippen LogP contribution < -0.4 is 5.32 Å². The number of phenolic OH excluding ortho intramolecular Hbond substituents is 1. The molecule has 2 N–H and O–H groups in total. The molecule has 1 aromatic rings. The number of hydrogen-bond acceptors (Lipinski definition) is 3. The summed E-state index contributed by atoms with van der Waals surface area (Å²) in [6.07, 6.45) is 4.55. The summed E-state index contributed by atoms with van der Waals surface area (Å²) in [4.78, 5) is 25.5. The molecule has 1 saturated heterocycles. The minimum Gasteiger partial charge on any atom is -0.506 e. The molecule has 1 fully saturated rings. The Morgan fingerprint density at radius 2 is 1.95 bits per heavy atom. The predicted octanol–water partition coefficient (Wildman–Crippen LogP) is 2.12. The number of nitrogens with zero attached hydrogens (tertiary/aromatic N) is 1. The van der Waals surface area contributed by atoms with Crippen LogP contribution in [0.1, 0.15) is 32.1 Å². The van der Waals surface area contributed by atoms with E-state index in [1.807, 2.05) is 0 Å². The lowest BCUT2D eigenvalue weighted by molar-refractivity contribution is -0.135. The summed E-state index contributed by atoms with van der Waals surface area (Å²) in [6.45, 7) is 0.681. The van der Waals surface area contributed by atoms with E-state index in [-0.39, 0.29) is 24.1 Å². The number of benzene rings is 1. The van der Waals surface area contributed by atoms with E-state index in [9.17, 15) is 14.7 Å². The highest BCUT2D eigenvalue weighted by atomic mass is 16.3. The first-order chi connectivity index (χ1) is 9.66. The van der Waals surface area contributed by atoms with Crippen LogP contribution in [0.2, 0.25) is 0 Å². The normalized spacial score (nSPS) is 16.4. The van der Waals surface area contributed by atoms with Crippen LogP contribution in [-0.4, -0.2) is 34.9 Å². The number of nitrogens with one attached hydrogen (secondary N) is 1. The minimum absolute atomic E-state index is 0.0276. The van der Waals surface area contributed by atoms with Crippen LogP contribution in [0, 0.1) is 0 Å². The number of anilines is 1. The summed E-state index contributed by atoms with van der Waals surface area (Å²) in [5.41, 5.74) is 0.372. The highest BCUT2D eigenvalue weighted by molar-refractivity contribution is 5.95. The molecule has 0 spiro atoms. The number of amides is 2. The second-order valence-electron chi connectivity index (χ2n) is 5.04. The fourth-order valence-electron chi connectivity index (χ4n) is 2.32. The van der Waals surface area contributed by atoms with Crippen LogP contribution in [0.15, 0.2) is 24.3 Å².